The molecule has 100 valence electrons. The van der Waals surface area contributed by atoms with E-state index in [4.69, 9.17) is 0 Å². The summed E-state index contributed by atoms with van der Waals surface area (Å²) in [5.74, 6) is 0. The Morgan fingerprint density at radius 1 is 1.47 bits per heavy atom. The lowest BCUT2D eigenvalue weighted by molar-refractivity contribution is -0.384. The van der Waals surface area contributed by atoms with Crippen LogP contribution in [0, 0.1) is 17.0 Å². The minimum atomic E-state index is -0.389. The van der Waals surface area contributed by atoms with E-state index in [1.165, 1.54) is 11.6 Å². The molecule has 0 aliphatic rings. The molecule has 2 rings (SSSR count). The molecule has 2 aromatic rings. The molecule has 0 saturated carbocycles. The van der Waals surface area contributed by atoms with Crippen LogP contribution in [0.15, 0.2) is 30.5 Å². The molecule has 2 N–H and O–H groups in total. The third-order valence-corrected chi connectivity index (χ3v) is 2.94. The van der Waals surface area contributed by atoms with Gasteiger partial charge in [-0.3, -0.25) is 15.2 Å². The number of hydrogen-bond donors (Lipinski definition) is 2. The zero-order chi connectivity index (χ0) is 13.7. The fourth-order valence-corrected chi connectivity index (χ4v) is 1.87. The highest BCUT2D eigenvalue weighted by Gasteiger charge is 2.05. The number of rotatable bonds is 6. The van der Waals surface area contributed by atoms with Gasteiger partial charge in [0.25, 0.3) is 5.69 Å². The van der Waals surface area contributed by atoms with Crippen LogP contribution in [-0.2, 0) is 6.42 Å². The van der Waals surface area contributed by atoms with Gasteiger partial charge < -0.3 is 5.32 Å². The standard InChI is InChI=1S/C13H16N4O2/c1-10-11(9-15-16-10)4-3-7-14-12-5-2-6-13(8-12)17(18)19/h2,5-6,8-9,14H,3-4,7H2,1H3,(H,15,16). The summed E-state index contributed by atoms with van der Waals surface area (Å²) >= 11 is 0. The number of nitrogens with one attached hydrogen (secondary N) is 2. The number of benzene rings is 1. The Labute approximate surface area is 111 Å². The van der Waals surface area contributed by atoms with Crippen molar-refractivity contribution in [3.63, 3.8) is 0 Å². The highest BCUT2D eigenvalue weighted by Crippen LogP contribution is 2.17. The van der Waals surface area contributed by atoms with E-state index in [1.54, 1.807) is 12.1 Å². The van der Waals surface area contributed by atoms with Gasteiger partial charge in [0.15, 0.2) is 0 Å². The van der Waals surface area contributed by atoms with Gasteiger partial charge in [-0.1, -0.05) is 6.07 Å². The SMILES string of the molecule is Cc1[nH]ncc1CCCNc1cccc([N+](=O)[O-])c1. The lowest BCUT2D eigenvalue weighted by Gasteiger charge is -2.05. The number of anilines is 1. The summed E-state index contributed by atoms with van der Waals surface area (Å²) in [6, 6.07) is 6.54. The van der Waals surface area contributed by atoms with E-state index in [1.807, 2.05) is 19.2 Å². The van der Waals surface area contributed by atoms with Crippen molar-refractivity contribution in [2.45, 2.75) is 19.8 Å². The van der Waals surface area contributed by atoms with Gasteiger partial charge in [-0.2, -0.15) is 5.10 Å². The van der Waals surface area contributed by atoms with E-state index in [9.17, 15) is 10.1 Å². The molecule has 1 aromatic carbocycles. The molecule has 6 heteroatoms. The predicted molar refractivity (Wildman–Crippen MR) is 73.2 cm³/mol. The summed E-state index contributed by atoms with van der Waals surface area (Å²) in [5, 5.41) is 20.7. The molecule has 19 heavy (non-hydrogen) atoms. The molecule has 0 bridgehead atoms. The van der Waals surface area contributed by atoms with Crippen LogP contribution >= 0.6 is 0 Å². The lowest BCUT2D eigenvalue weighted by atomic mass is 10.1. The van der Waals surface area contributed by atoms with Crippen LogP contribution in [-0.4, -0.2) is 21.7 Å². The first kappa shape index (κ1) is 13.1. The number of nitro benzene ring substituents is 1. The number of H-pyrrole nitrogens is 1. The van der Waals surface area contributed by atoms with E-state index < -0.39 is 0 Å². The molecule has 0 radical (unpaired) electrons. The van der Waals surface area contributed by atoms with Gasteiger partial charge in [0.05, 0.1) is 11.1 Å². The van der Waals surface area contributed by atoms with Gasteiger partial charge >= 0.3 is 0 Å². The summed E-state index contributed by atoms with van der Waals surface area (Å²) in [6.07, 6.45) is 3.72. The van der Waals surface area contributed by atoms with Crippen molar-refractivity contribution in [1.82, 2.24) is 10.2 Å². The summed E-state index contributed by atoms with van der Waals surface area (Å²) in [6.45, 7) is 2.77. The third kappa shape index (κ3) is 3.54. The second-order valence-corrected chi connectivity index (χ2v) is 4.36. The van der Waals surface area contributed by atoms with Gasteiger partial charge in [0.1, 0.15) is 0 Å². The smallest absolute Gasteiger partial charge is 0.271 e. The van der Waals surface area contributed by atoms with Crippen molar-refractivity contribution in [3.8, 4) is 0 Å². The van der Waals surface area contributed by atoms with E-state index in [2.05, 4.69) is 15.5 Å². The summed E-state index contributed by atoms with van der Waals surface area (Å²) in [7, 11) is 0. The molecule has 0 atom stereocenters. The summed E-state index contributed by atoms with van der Waals surface area (Å²) in [5.41, 5.74) is 3.19. The minimum Gasteiger partial charge on any atom is -0.385 e. The molecular weight excluding hydrogens is 244 g/mol. The highest BCUT2D eigenvalue weighted by atomic mass is 16.6. The second-order valence-electron chi connectivity index (χ2n) is 4.36. The first-order chi connectivity index (χ1) is 9.16. The van der Waals surface area contributed by atoms with Gasteiger partial charge in [0, 0.05) is 30.1 Å². The molecular formula is C13H16N4O2. The molecule has 0 unspecified atom stereocenters. The Balaban J connectivity index is 1.81. The van der Waals surface area contributed by atoms with Gasteiger partial charge in [-0.05, 0) is 31.4 Å². The van der Waals surface area contributed by atoms with Crippen LogP contribution in [0.5, 0.6) is 0 Å². The van der Waals surface area contributed by atoms with Crippen molar-refractivity contribution in [2.75, 3.05) is 11.9 Å². The van der Waals surface area contributed by atoms with Crippen LogP contribution in [0.1, 0.15) is 17.7 Å². The Morgan fingerprint density at radius 3 is 3.00 bits per heavy atom. The molecule has 1 heterocycles. The summed E-state index contributed by atoms with van der Waals surface area (Å²) in [4.78, 5) is 10.3. The number of aryl methyl sites for hydroxylation is 2. The maximum atomic E-state index is 10.6. The van der Waals surface area contributed by atoms with Crippen molar-refractivity contribution >= 4 is 11.4 Å². The number of hydrogen-bond acceptors (Lipinski definition) is 4. The Morgan fingerprint density at radius 2 is 2.32 bits per heavy atom. The molecule has 0 fully saturated rings. The number of aromatic amines is 1. The molecule has 0 amide bonds. The zero-order valence-corrected chi connectivity index (χ0v) is 10.7. The van der Waals surface area contributed by atoms with Crippen LogP contribution in [0.2, 0.25) is 0 Å². The van der Waals surface area contributed by atoms with Crippen molar-refractivity contribution in [3.05, 3.63) is 51.8 Å². The normalized spacial score (nSPS) is 10.4. The Bertz CT molecular complexity index is 565. The van der Waals surface area contributed by atoms with E-state index in [0.29, 0.717) is 0 Å². The fourth-order valence-electron chi connectivity index (χ4n) is 1.87. The number of non-ortho nitro benzene ring substituents is 1. The molecule has 0 spiro atoms. The topological polar surface area (TPSA) is 83.8 Å². The average molecular weight is 260 g/mol. The molecule has 0 aliphatic heterocycles. The van der Waals surface area contributed by atoms with Crippen molar-refractivity contribution in [2.24, 2.45) is 0 Å². The predicted octanol–water partition coefficient (Wildman–Crippen LogP) is 2.67. The second kappa shape index (κ2) is 5.99. The largest absolute Gasteiger partial charge is 0.385 e. The maximum Gasteiger partial charge on any atom is 0.271 e. The van der Waals surface area contributed by atoms with Gasteiger partial charge in [-0.25, -0.2) is 0 Å². The fraction of sp³-hybridized carbons (Fsp3) is 0.308. The quantitative estimate of drug-likeness (QED) is 0.475. The minimum absolute atomic E-state index is 0.107. The number of nitro groups is 1. The molecule has 1 aromatic heterocycles. The van der Waals surface area contributed by atoms with Crippen LogP contribution < -0.4 is 5.32 Å². The van der Waals surface area contributed by atoms with Gasteiger partial charge in [0.2, 0.25) is 0 Å². The zero-order valence-electron chi connectivity index (χ0n) is 10.7. The van der Waals surface area contributed by atoms with Crippen LogP contribution in [0.25, 0.3) is 0 Å². The highest BCUT2D eigenvalue weighted by molar-refractivity contribution is 5.50. The van der Waals surface area contributed by atoms with E-state index >= 15 is 0 Å². The van der Waals surface area contributed by atoms with Crippen molar-refractivity contribution < 1.29 is 4.92 Å². The monoisotopic (exact) mass is 260 g/mol. The van der Waals surface area contributed by atoms with Crippen LogP contribution in [0.3, 0.4) is 0 Å². The first-order valence-corrected chi connectivity index (χ1v) is 6.14. The maximum absolute atomic E-state index is 10.6. The Kier molecular flexibility index (Phi) is 4.12. The molecule has 0 saturated heterocycles. The van der Waals surface area contributed by atoms with Crippen molar-refractivity contribution in [1.29, 1.82) is 0 Å². The van der Waals surface area contributed by atoms with Crippen LogP contribution in [0.4, 0.5) is 11.4 Å². The molecule has 0 aliphatic carbocycles. The first-order valence-electron chi connectivity index (χ1n) is 6.14. The third-order valence-electron chi connectivity index (χ3n) is 2.94. The molecule has 6 nitrogen and oxygen atoms in total. The average Bonchev–Trinajstić information content (AvgIpc) is 2.81. The van der Waals surface area contributed by atoms with E-state index in [0.717, 1.165) is 30.8 Å². The Hall–Kier alpha value is -2.37. The van der Waals surface area contributed by atoms with Gasteiger partial charge in [-0.15, -0.1) is 0 Å². The van der Waals surface area contributed by atoms with E-state index in [-0.39, 0.29) is 10.6 Å². The number of aromatic nitrogens is 2. The lowest BCUT2D eigenvalue weighted by Crippen LogP contribution is -2.03. The summed E-state index contributed by atoms with van der Waals surface area (Å²) < 4.78 is 0. The number of nitrogens with zero attached hydrogens (tertiary/aromatic N) is 2.